The zero-order chi connectivity index (χ0) is 14.6. The van der Waals surface area contributed by atoms with E-state index in [1.165, 1.54) is 0 Å². The molecule has 110 valence electrons. The molecule has 2 unspecified atom stereocenters. The number of carbonyl (C=O) groups is 1. The predicted molar refractivity (Wildman–Crippen MR) is 72.4 cm³/mol. The highest BCUT2D eigenvalue weighted by Gasteiger charge is 2.48. The predicted octanol–water partition coefficient (Wildman–Crippen LogP) is 2.33. The highest BCUT2D eigenvalue weighted by atomic mass is 16.8. The molecular weight excluding hydrogens is 272 g/mol. The van der Waals surface area contributed by atoms with Crippen molar-refractivity contribution in [3.05, 3.63) is 41.3 Å². The minimum atomic E-state index is -0.993. The van der Waals surface area contributed by atoms with Crippen LogP contribution in [0.5, 0.6) is 5.75 Å². The molecule has 0 saturated carbocycles. The van der Waals surface area contributed by atoms with Gasteiger partial charge >= 0.3 is 5.97 Å². The van der Waals surface area contributed by atoms with Crippen molar-refractivity contribution in [2.75, 3.05) is 13.2 Å². The van der Waals surface area contributed by atoms with E-state index in [1.54, 1.807) is 13.8 Å². The lowest BCUT2D eigenvalue weighted by atomic mass is 9.78. The fourth-order valence-corrected chi connectivity index (χ4v) is 3.16. The first kappa shape index (κ1) is 12.6. The van der Waals surface area contributed by atoms with Gasteiger partial charge in [0.1, 0.15) is 11.3 Å². The SMILES string of the molecule is CC1(C)OC(=O)C2=C(OCC3COc4ccccc4C23)O1. The summed E-state index contributed by atoms with van der Waals surface area (Å²) in [5, 5.41) is 0. The molecular formula is C16H16O5. The smallest absolute Gasteiger partial charge is 0.345 e. The largest absolute Gasteiger partial charge is 0.493 e. The van der Waals surface area contributed by atoms with Crippen molar-refractivity contribution in [3.63, 3.8) is 0 Å². The van der Waals surface area contributed by atoms with E-state index in [-0.39, 0.29) is 17.8 Å². The second-order valence-electron chi connectivity index (χ2n) is 5.99. The van der Waals surface area contributed by atoms with Crippen molar-refractivity contribution in [1.82, 2.24) is 0 Å². The molecule has 2 atom stereocenters. The number of fused-ring (bicyclic) bond motifs is 4. The fraction of sp³-hybridized carbons (Fsp3) is 0.438. The Morgan fingerprint density at radius 3 is 2.71 bits per heavy atom. The van der Waals surface area contributed by atoms with E-state index in [4.69, 9.17) is 18.9 Å². The summed E-state index contributed by atoms with van der Waals surface area (Å²) in [6, 6.07) is 7.77. The first-order valence-electron chi connectivity index (χ1n) is 7.06. The lowest BCUT2D eigenvalue weighted by Gasteiger charge is -2.42. The molecule has 0 aromatic heterocycles. The highest BCUT2D eigenvalue weighted by molar-refractivity contribution is 5.92. The van der Waals surface area contributed by atoms with Gasteiger partial charge in [-0.15, -0.1) is 0 Å². The summed E-state index contributed by atoms with van der Waals surface area (Å²) in [6.07, 6.45) is 0. The number of rotatable bonds is 0. The molecule has 0 amide bonds. The van der Waals surface area contributed by atoms with E-state index in [2.05, 4.69) is 0 Å². The molecule has 3 aliphatic heterocycles. The minimum absolute atomic E-state index is 0.0935. The number of ether oxygens (including phenoxy) is 4. The maximum absolute atomic E-state index is 12.4. The van der Waals surface area contributed by atoms with Gasteiger partial charge in [-0.2, -0.15) is 0 Å². The Kier molecular flexibility index (Phi) is 2.49. The quantitative estimate of drug-likeness (QED) is 0.686. The second-order valence-corrected chi connectivity index (χ2v) is 5.99. The van der Waals surface area contributed by atoms with Gasteiger partial charge in [0.25, 0.3) is 11.7 Å². The van der Waals surface area contributed by atoms with Crippen molar-refractivity contribution in [3.8, 4) is 5.75 Å². The molecule has 3 heterocycles. The average molecular weight is 288 g/mol. The number of hydrogen-bond donors (Lipinski definition) is 0. The lowest BCUT2D eigenvalue weighted by molar-refractivity contribution is -0.233. The third kappa shape index (κ3) is 1.87. The minimum Gasteiger partial charge on any atom is -0.493 e. The van der Waals surface area contributed by atoms with E-state index in [1.807, 2.05) is 24.3 Å². The molecule has 0 fully saturated rings. The van der Waals surface area contributed by atoms with Crippen LogP contribution >= 0.6 is 0 Å². The third-order valence-electron chi connectivity index (χ3n) is 4.03. The van der Waals surface area contributed by atoms with E-state index in [9.17, 15) is 4.79 Å². The Morgan fingerprint density at radius 1 is 1.10 bits per heavy atom. The van der Waals surface area contributed by atoms with Crippen molar-refractivity contribution >= 4 is 5.97 Å². The van der Waals surface area contributed by atoms with Gasteiger partial charge in [0.05, 0.1) is 13.2 Å². The number of carbonyl (C=O) groups excluding carboxylic acids is 1. The van der Waals surface area contributed by atoms with Crippen LogP contribution in [-0.2, 0) is 19.0 Å². The standard InChI is InChI=1S/C16H16O5/c1-16(2)20-14(17)13-12-9(8-19-15(13)21-16)7-18-11-6-4-3-5-10(11)12/h3-6,9,12H,7-8H2,1-2H3. The summed E-state index contributed by atoms with van der Waals surface area (Å²) in [5.74, 6) is -0.252. The van der Waals surface area contributed by atoms with Gasteiger partial charge in [-0.1, -0.05) is 18.2 Å². The van der Waals surface area contributed by atoms with Crippen LogP contribution in [-0.4, -0.2) is 25.0 Å². The first-order chi connectivity index (χ1) is 10.1. The molecule has 4 rings (SSSR count). The molecule has 0 radical (unpaired) electrons. The van der Waals surface area contributed by atoms with Crippen molar-refractivity contribution in [2.24, 2.45) is 5.92 Å². The summed E-state index contributed by atoms with van der Waals surface area (Å²) in [6.45, 7) is 4.39. The molecule has 1 aromatic rings. The number of cyclic esters (lactones) is 1. The van der Waals surface area contributed by atoms with Gasteiger partial charge in [0.15, 0.2) is 0 Å². The van der Waals surface area contributed by atoms with Crippen LogP contribution < -0.4 is 4.74 Å². The molecule has 0 N–H and O–H groups in total. The van der Waals surface area contributed by atoms with Crippen LogP contribution in [0.1, 0.15) is 25.3 Å². The second kappa shape index (κ2) is 4.16. The van der Waals surface area contributed by atoms with Crippen LogP contribution in [0.4, 0.5) is 0 Å². The van der Waals surface area contributed by atoms with Crippen LogP contribution in [0, 0.1) is 5.92 Å². The molecule has 0 spiro atoms. The molecule has 1 aromatic carbocycles. The van der Waals surface area contributed by atoms with Gasteiger partial charge in [0.2, 0.25) is 0 Å². The van der Waals surface area contributed by atoms with Crippen LogP contribution in [0.3, 0.4) is 0 Å². The van der Waals surface area contributed by atoms with Crippen LogP contribution in [0.25, 0.3) is 0 Å². The highest BCUT2D eigenvalue weighted by Crippen LogP contribution is 2.48. The van der Waals surface area contributed by atoms with E-state index in [0.29, 0.717) is 24.7 Å². The Morgan fingerprint density at radius 2 is 1.86 bits per heavy atom. The summed E-state index contributed by atoms with van der Waals surface area (Å²) in [4.78, 5) is 12.4. The fourth-order valence-electron chi connectivity index (χ4n) is 3.16. The summed E-state index contributed by atoms with van der Waals surface area (Å²) in [7, 11) is 0. The van der Waals surface area contributed by atoms with Crippen molar-refractivity contribution in [2.45, 2.75) is 25.6 Å². The van der Waals surface area contributed by atoms with Crippen molar-refractivity contribution in [1.29, 1.82) is 0 Å². The Labute approximate surface area is 122 Å². The summed E-state index contributed by atoms with van der Waals surface area (Å²) in [5.41, 5.74) is 1.46. The van der Waals surface area contributed by atoms with E-state index < -0.39 is 5.79 Å². The molecule has 0 saturated heterocycles. The van der Waals surface area contributed by atoms with E-state index in [0.717, 1.165) is 11.3 Å². The first-order valence-corrected chi connectivity index (χ1v) is 7.06. The zero-order valence-electron chi connectivity index (χ0n) is 11.9. The number of esters is 1. The lowest BCUT2D eigenvalue weighted by Crippen LogP contribution is -2.45. The summed E-state index contributed by atoms with van der Waals surface area (Å²) < 4.78 is 22.5. The Bertz CT molecular complexity index is 646. The van der Waals surface area contributed by atoms with Gasteiger partial charge in [0, 0.05) is 31.2 Å². The van der Waals surface area contributed by atoms with Gasteiger partial charge in [-0.25, -0.2) is 4.79 Å². The Hall–Kier alpha value is -2.17. The maximum atomic E-state index is 12.4. The van der Waals surface area contributed by atoms with Crippen molar-refractivity contribution < 1.29 is 23.7 Å². The van der Waals surface area contributed by atoms with Crippen LogP contribution in [0.2, 0.25) is 0 Å². The van der Waals surface area contributed by atoms with Crippen LogP contribution in [0.15, 0.2) is 35.8 Å². The molecule has 5 nitrogen and oxygen atoms in total. The van der Waals surface area contributed by atoms with Gasteiger partial charge in [-0.05, 0) is 6.07 Å². The summed E-state index contributed by atoms with van der Waals surface area (Å²) >= 11 is 0. The average Bonchev–Trinajstić information content (AvgIpc) is 2.45. The molecule has 0 bridgehead atoms. The normalized spacial score (nSPS) is 29.0. The number of hydrogen-bond acceptors (Lipinski definition) is 5. The number of para-hydroxylation sites is 1. The molecule has 0 aliphatic carbocycles. The van der Waals surface area contributed by atoms with E-state index >= 15 is 0 Å². The van der Waals surface area contributed by atoms with Gasteiger partial charge in [-0.3, -0.25) is 0 Å². The third-order valence-corrected chi connectivity index (χ3v) is 4.03. The van der Waals surface area contributed by atoms with Gasteiger partial charge < -0.3 is 18.9 Å². The maximum Gasteiger partial charge on any atom is 0.345 e. The monoisotopic (exact) mass is 288 g/mol. The Balaban J connectivity index is 1.85. The molecule has 5 heteroatoms. The molecule has 3 aliphatic rings. The number of benzene rings is 1. The zero-order valence-corrected chi connectivity index (χ0v) is 11.9. The molecule has 21 heavy (non-hydrogen) atoms. The topological polar surface area (TPSA) is 54.0 Å².